The zero-order valence-electron chi connectivity index (χ0n) is 21.4. The van der Waals surface area contributed by atoms with Crippen LogP contribution in [0.4, 0.5) is 0 Å². The van der Waals surface area contributed by atoms with Gasteiger partial charge in [0.15, 0.2) is 0 Å². The van der Waals surface area contributed by atoms with Crippen molar-refractivity contribution in [2.45, 2.75) is 29.1 Å². The molecule has 2 unspecified atom stereocenters. The van der Waals surface area contributed by atoms with Crippen LogP contribution >= 0.6 is 8.58 Å². The van der Waals surface area contributed by atoms with Gasteiger partial charge in [0.2, 0.25) is 0 Å². The molecule has 0 radical (unpaired) electrons. The maximum absolute atomic E-state index is 2.54. The van der Waals surface area contributed by atoms with Crippen LogP contribution in [0.15, 0.2) is 137 Å². The smallest absolute Gasteiger partial charge is 0.0238 e. The van der Waals surface area contributed by atoms with Gasteiger partial charge in [0.05, 0.1) is 0 Å². The van der Waals surface area contributed by atoms with Gasteiger partial charge in [-0.2, -0.15) is 0 Å². The molecule has 0 saturated carbocycles. The predicted molar refractivity (Wildman–Crippen MR) is 158 cm³/mol. The maximum atomic E-state index is 2.54. The Bertz CT molecular complexity index is 1360. The Balaban J connectivity index is 0.000000171. The second-order valence-corrected chi connectivity index (χ2v) is 16.5. The fourth-order valence-electron chi connectivity index (χ4n) is 4.85. The molecule has 37 heavy (non-hydrogen) atoms. The Morgan fingerprint density at radius 3 is 2.00 bits per heavy atom. The quantitative estimate of drug-likeness (QED) is 0.194. The first-order valence-electron chi connectivity index (χ1n) is 13.1. The van der Waals surface area contributed by atoms with E-state index in [-0.39, 0.29) is 0 Å². The van der Waals surface area contributed by atoms with Gasteiger partial charge in [-0.15, -0.1) is 0 Å². The van der Waals surface area contributed by atoms with Gasteiger partial charge in [0.1, 0.15) is 0 Å². The van der Waals surface area contributed by atoms with Crippen molar-refractivity contribution in [2.24, 2.45) is 0 Å². The van der Waals surface area contributed by atoms with Crippen molar-refractivity contribution >= 4 is 20.0 Å². The average Bonchev–Trinajstić information content (AvgIpc) is 3.59. The molecular formula is C35H33PZr. The van der Waals surface area contributed by atoms with Crippen molar-refractivity contribution < 1.29 is 23.2 Å². The number of aryl methyl sites for hydroxylation is 3. The molecule has 2 atom stereocenters. The molecule has 4 aromatic rings. The minimum absolute atomic E-state index is 0.296. The normalized spacial score (nSPS) is 17.4. The Morgan fingerprint density at radius 2 is 1.35 bits per heavy atom. The molecule has 182 valence electrons. The van der Waals surface area contributed by atoms with Crippen LogP contribution < -0.4 is 5.30 Å². The topological polar surface area (TPSA) is 0 Å². The number of hydrogen-bond donors (Lipinski definition) is 0. The summed E-state index contributed by atoms with van der Waals surface area (Å²) in [4.78, 5) is 0. The summed E-state index contributed by atoms with van der Waals surface area (Å²) in [6, 6.07) is 39.2. The number of allylic oxidation sites excluding steroid dienone is 5. The van der Waals surface area contributed by atoms with Gasteiger partial charge < -0.3 is 0 Å². The summed E-state index contributed by atoms with van der Waals surface area (Å²) in [7, 11) is 0.841. The summed E-state index contributed by atoms with van der Waals surface area (Å²) in [6.07, 6.45) is 15.3. The molecule has 2 aliphatic carbocycles. The molecule has 0 nitrogen and oxygen atoms in total. The summed E-state index contributed by atoms with van der Waals surface area (Å²) in [5.74, 6) is 0. The van der Waals surface area contributed by atoms with Gasteiger partial charge in [-0.3, -0.25) is 0 Å². The summed E-state index contributed by atoms with van der Waals surface area (Å²) in [6.45, 7) is 2.25. The molecule has 6 rings (SSSR count). The minimum Gasteiger partial charge on any atom is -0.0622 e. The van der Waals surface area contributed by atoms with Crippen LogP contribution in [0.1, 0.15) is 34.2 Å². The van der Waals surface area contributed by atoms with E-state index < -0.39 is 23.2 Å². The molecule has 2 heteroatoms. The van der Waals surface area contributed by atoms with Crippen molar-refractivity contribution in [1.29, 1.82) is 0 Å². The van der Waals surface area contributed by atoms with E-state index in [4.69, 9.17) is 0 Å². The molecule has 0 saturated heterocycles. The molecular weight excluding hydrogens is 543 g/mol. The fourth-order valence-corrected chi connectivity index (χ4v) is 12.3. The van der Waals surface area contributed by atoms with Gasteiger partial charge in [-0.1, -0.05) is 60.7 Å². The number of hydrogen-bond acceptors (Lipinski definition) is 0. The zero-order valence-corrected chi connectivity index (χ0v) is 24.9. The first-order chi connectivity index (χ1) is 18.2. The average molecular weight is 576 g/mol. The SMILES string of the molecule is Cc1ccccc1P[C]1([Zr][C]2=CC=CC2)C=Cc2ccccc21.c1ccc(CCc2ccccc2)cc1. The van der Waals surface area contributed by atoms with Gasteiger partial charge in [-0.05, 0) is 24.0 Å². The molecule has 4 aromatic carbocycles. The Hall–Kier alpha value is -2.59. The van der Waals surface area contributed by atoms with Crippen LogP contribution in [0.2, 0.25) is 0 Å². The number of benzene rings is 4. The van der Waals surface area contributed by atoms with Gasteiger partial charge in [-0.25, -0.2) is 0 Å². The van der Waals surface area contributed by atoms with Gasteiger partial charge in [0.25, 0.3) is 0 Å². The zero-order chi connectivity index (χ0) is 25.3. The molecule has 0 N–H and O–H groups in total. The fraction of sp³-hybridized carbons (Fsp3) is 0.143. The van der Waals surface area contributed by atoms with E-state index >= 15 is 0 Å². The summed E-state index contributed by atoms with van der Waals surface area (Å²) in [5, 5.41) is 1.53. The minimum atomic E-state index is -0.726. The van der Waals surface area contributed by atoms with Gasteiger partial charge in [0, 0.05) is 0 Å². The molecule has 0 aromatic heterocycles. The van der Waals surface area contributed by atoms with Crippen LogP contribution in [0, 0.1) is 6.92 Å². The summed E-state index contributed by atoms with van der Waals surface area (Å²) < 4.78 is 2.01. The van der Waals surface area contributed by atoms with Crippen molar-refractivity contribution in [3.8, 4) is 0 Å². The monoisotopic (exact) mass is 574 g/mol. The standard InChI is InChI=1S/C16H14P.C14H14.C5H5.Zr/c1-12-6-2-5-9-15(12)17-16-11-10-13-7-3-4-8-14(13)16;1-3-7-13(8-4-1)11-12-14-9-5-2-6-10-14;1-2-4-5-3-1;/h2-11,17H,1H3;1-10H,11-12H2;1-3H,4H2;. The Kier molecular flexibility index (Phi) is 8.99. The molecule has 0 amide bonds. The van der Waals surface area contributed by atoms with E-state index in [1.54, 1.807) is 8.84 Å². The van der Waals surface area contributed by atoms with E-state index in [1.807, 2.05) is 0 Å². The van der Waals surface area contributed by atoms with Crippen LogP contribution in [-0.2, 0) is 38.9 Å². The van der Waals surface area contributed by atoms with E-state index in [1.165, 1.54) is 34.0 Å². The van der Waals surface area contributed by atoms with Crippen LogP contribution in [0.25, 0.3) is 6.08 Å². The largest absolute Gasteiger partial charge is 0.0622 e. The second kappa shape index (κ2) is 12.8. The third-order valence-electron chi connectivity index (χ3n) is 6.89. The second-order valence-electron chi connectivity index (χ2n) is 9.59. The Labute approximate surface area is 235 Å². The van der Waals surface area contributed by atoms with Crippen LogP contribution in [0.5, 0.6) is 0 Å². The third-order valence-corrected chi connectivity index (χ3v) is 14.0. The summed E-state index contributed by atoms with van der Waals surface area (Å²) >= 11 is -0.726. The van der Waals surface area contributed by atoms with E-state index in [0.717, 1.165) is 21.4 Å². The molecule has 0 spiro atoms. The van der Waals surface area contributed by atoms with Crippen molar-refractivity contribution in [2.75, 3.05) is 0 Å². The van der Waals surface area contributed by atoms with E-state index in [0.29, 0.717) is 2.86 Å². The van der Waals surface area contributed by atoms with Crippen molar-refractivity contribution in [3.63, 3.8) is 0 Å². The third kappa shape index (κ3) is 6.84. The first-order valence-corrected chi connectivity index (χ1v) is 16.5. The molecule has 0 aliphatic heterocycles. The van der Waals surface area contributed by atoms with Crippen molar-refractivity contribution in [1.82, 2.24) is 0 Å². The molecule has 0 fully saturated rings. The molecule has 0 heterocycles. The van der Waals surface area contributed by atoms with Crippen LogP contribution in [0.3, 0.4) is 0 Å². The van der Waals surface area contributed by atoms with E-state index in [9.17, 15) is 0 Å². The maximum Gasteiger partial charge on any atom is -0.0238 e. The first kappa shape index (κ1) is 26.0. The van der Waals surface area contributed by atoms with E-state index in [2.05, 4.69) is 146 Å². The number of fused-ring (bicyclic) bond motifs is 1. The van der Waals surface area contributed by atoms with Crippen LogP contribution in [-0.4, -0.2) is 0 Å². The molecule has 0 bridgehead atoms. The number of rotatable bonds is 7. The van der Waals surface area contributed by atoms with Gasteiger partial charge >= 0.3 is 152 Å². The predicted octanol–water partition coefficient (Wildman–Crippen LogP) is 8.58. The van der Waals surface area contributed by atoms with Crippen molar-refractivity contribution in [3.05, 3.63) is 165 Å². The Morgan fingerprint density at radius 1 is 0.730 bits per heavy atom. The summed E-state index contributed by atoms with van der Waals surface area (Å²) in [5.41, 5.74) is 7.26. The molecule has 2 aliphatic rings.